The van der Waals surface area contributed by atoms with Crippen LogP contribution in [0.5, 0.6) is 0 Å². The first-order valence-corrected chi connectivity index (χ1v) is 3.93. The first kappa shape index (κ1) is 8.78. The van der Waals surface area contributed by atoms with Crippen LogP contribution in [0.4, 0.5) is 0 Å². The predicted octanol–water partition coefficient (Wildman–Crippen LogP) is 1.17. The lowest BCUT2D eigenvalue weighted by Crippen LogP contribution is -2.19. The van der Waals surface area contributed by atoms with Crippen LogP contribution in [0.2, 0.25) is 0 Å². The van der Waals surface area contributed by atoms with Gasteiger partial charge in [-0.3, -0.25) is 0 Å². The summed E-state index contributed by atoms with van der Waals surface area (Å²) in [4.78, 5) is 4.24. The molecular formula is C10H13NO. The van der Waals surface area contributed by atoms with Gasteiger partial charge in [0, 0.05) is 5.92 Å². The molecule has 0 radical (unpaired) electrons. The summed E-state index contributed by atoms with van der Waals surface area (Å²) in [6.45, 7) is 11.4. The van der Waals surface area contributed by atoms with Crippen LogP contribution in [0.3, 0.4) is 0 Å². The Morgan fingerprint density at radius 2 is 2.17 bits per heavy atom. The van der Waals surface area contributed by atoms with Crippen molar-refractivity contribution in [2.24, 2.45) is 0 Å². The largest absolute Gasteiger partial charge is 0.441 e. The lowest BCUT2D eigenvalue weighted by molar-refractivity contribution is 0.449. The van der Waals surface area contributed by atoms with E-state index in [1.807, 2.05) is 13.8 Å². The van der Waals surface area contributed by atoms with E-state index in [1.165, 1.54) is 0 Å². The molecule has 0 aliphatic carbocycles. The van der Waals surface area contributed by atoms with Crippen molar-refractivity contribution in [3.05, 3.63) is 29.3 Å². The Kier molecular flexibility index (Phi) is 2.48. The summed E-state index contributed by atoms with van der Waals surface area (Å²) in [5.41, 5.74) is 0.610. The molecule has 2 heteroatoms. The van der Waals surface area contributed by atoms with E-state index in [0.717, 1.165) is 11.2 Å². The van der Waals surface area contributed by atoms with Crippen LogP contribution in [-0.4, -0.2) is 4.98 Å². The summed E-state index contributed by atoms with van der Waals surface area (Å²) in [5.74, 6) is 1.03. The second-order valence-electron chi connectivity index (χ2n) is 2.92. The zero-order valence-corrected chi connectivity index (χ0v) is 7.50. The summed E-state index contributed by atoms with van der Waals surface area (Å²) in [6.07, 6.45) is 3.47. The second-order valence-corrected chi connectivity index (χ2v) is 2.92. The molecule has 0 aliphatic rings. The molecule has 0 atom stereocenters. The van der Waals surface area contributed by atoms with Gasteiger partial charge in [0.15, 0.2) is 5.89 Å². The van der Waals surface area contributed by atoms with Crippen LogP contribution in [-0.2, 0) is 0 Å². The molecule has 0 spiro atoms. The fraction of sp³-hybridized carbons (Fsp3) is 0.300. The van der Waals surface area contributed by atoms with Gasteiger partial charge in [-0.05, 0) is 6.08 Å². The normalized spacial score (nSPS) is 12.4. The monoisotopic (exact) mass is 163 g/mol. The van der Waals surface area contributed by atoms with Gasteiger partial charge in [0.2, 0.25) is 0 Å². The lowest BCUT2D eigenvalue weighted by atomic mass is 10.2. The van der Waals surface area contributed by atoms with Crippen LogP contribution >= 0.6 is 0 Å². The van der Waals surface area contributed by atoms with E-state index in [1.54, 1.807) is 12.2 Å². The first-order chi connectivity index (χ1) is 5.65. The summed E-state index contributed by atoms with van der Waals surface area (Å²) in [5, 5.41) is 0.772. The second kappa shape index (κ2) is 3.39. The Hall–Kier alpha value is -1.31. The van der Waals surface area contributed by atoms with Gasteiger partial charge in [-0.25, -0.2) is 4.98 Å². The van der Waals surface area contributed by atoms with Crippen molar-refractivity contribution >= 4 is 12.7 Å². The van der Waals surface area contributed by atoms with E-state index in [0.29, 0.717) is 11.3 Å². The molecule has 0 saturated carbocycles. The number of nitrogens with zero attached hydrogens (tertiary/aromatic N) is 1. The number of aromatic nitrogens is 1. The van der Waals surface area contributed by atoms with Crippen LogP contribution in [0.1, 0.15) is 25.7 Å². The Labute approximate surface area is 71.9 Å². The zero-order valence-electron chi connectivity index (χ0n) is 7.50. The van der Waals surface area contributed by atoms with Crippen LogP contribution in [0.25, 0.3) is 12.7 Å². The van der Waals surface area contributed by atoms with Crippen LogP contribution in [0, 0.1) is 0 Å². The van der Waals surface area contributed by atoms with Crippen LogP contribution < -0.4 is 10.8 Å². The molecule has 0 bridgehead atoms. The van der Waals surface area contributed by atoms with Crippen molar-refractivity contribution in [2.45, 2.75) is 19.8 Å². The van der Waals surface area contributed by atoms with E-state index in [2.05, 4.69) is 18.1 Å². The summed E-state index contributed by atoms with van der Waals surface area (Å²) in [7, 11) is 0. The molecule has 0 aromatic carbocycles. The maximum absolute atomic E-state index is 5.33. The maximum Gasteiger partial charge on any atom is 0.197 e. The maximum atomic E-state index is 5.33. The fourth-order valence-corrected chi connectivity index (χ4v) is 0.871. The third-order valence-corrected chi connectivity index (χ3v) is 1.51. The fourth-order valence-electron chi connectivity index (χ4n) is 0.871. The molecular weight excluding hydrogens is 150 g/mol. The predicted molar refractivity (Wildman–Crippen MR) is 50.0 cm³/mol. The molecule has 0 aliphatic heterocycles. The molecule has 0 saturated heterocycles. The van der Waals surface area contributed by atoms with Gasteiger partial charge in [-0.1, -0.05) is 33.1 Å². The van der Waals surface area contributed by atoms with Crippen molar-refractivity contribution in [2.75, 3.05) is 0 Å². The highest BCUT2D eigenvalue weighted by Crippen LogP contribution is 2.05. The Morgan fingerprint density at radius 1 is 1.50 bits per heavy atom. The molecule has 1 aromatic heterocycles. The Morgan fingerprint density at radius 3 is 2.58 bits per heavy atom. The highest BCUT2D eigenvalue weighted by molar-refractivity contribution is 5.32. The molecule has 0 fully saturated rings. The Bertz CT molecular complexity index is 373. The molecule has 2 nitrogen and oxygen atoms in total. The first-order valence-electron chi connectivity index (χ1n) is 3.93. The van der Waals surface area contributed by atoms with Gasteiger partial charge < -0.3 is 4.42 Å². The highest BCUT2D eigenvalue weighted by Gasteiger charge is 2.04. The molecule has 64 valence electrons. The summed E-state index contributed by atoms with van der Waals surface area (Å²) >= 11 is 0. The average molecular weight is 163 g/mol. The van der Waals surface area contributed by atoms with E-state index < -0.39 is 0 Å². The SMILES string of the molecule is C=C/C=c1/nc(C(C)C)oc1=C. The minimum Gasteiger partial charge on any atom is -0.441 e. The molecule has 0 N–H and O–H groups in total. The minimum atomic E-state index is 0.303. The van der Waals surface area contributed by atoms with Crippen LogP contribution in [0.15, 0.2) is 17.1 Å². The average Bonchev–Trinajstić information content (AvgIpc) is 2.34. The van der Waals surface area contributed by atoms with E-state index in [9.17, 15) is 0 Å². The minimum absolute atomic E-state index is 0.303. The molecule has 0 amide bonds. The van der Waals surface area contributed by atoms with Gasteiger partial charge >= 0.3 is 0 Å². The number of hydrogen-bond donors (Lipinski definition) is 0. The zero-order chi connectivity index (χ0) is 9.14. The van der Waals surface area contributed by atoms with Crippen molar-refractivity contribution in [1.29, 1.82) is 0 Å². The number of rotatable bonds is 2. The smallest absolute Gasteiger partial charge is 0.197 e. The number of allylic oxidation sites excluding steroid dienone is 1. The van der Waals surface area contributed by atoms with Gasteiger partial charge in [0.05, 0.1) is 0 Å². The lowest BCUT2D eigenvalue weighted by Gasteiger charge is -1.93. The molecule has 12 heavy (non-hydrogen) atoms. The third-order valence-electron chi connectivity index (χ3n) is 1.51. The van der Waals surface area contributed by atoms with Crippen molar-refractivity contribution in [3.8, 4) is 0 Å². The quantitative estimate of drug-likeness (QED) is 0.654. The summed E-state index contributed by atoms with van der Waals surface area (Å²) in [6, 6.07) is 0. The van der Waals surface area contributed by atoms with Gasteiger partial charge in [-0.2, -0.15) is 0 Å². The Balaban J connectivity index is 3.27. The third kappa shape index (κ3) is 1.64. The van der Waals surface area contributed by atoms with E-state index >= 15 is 0 Å². The summed E-state index contributed by atoms with van der Waals surface area (Å²) < 4.78 is 5.33. The topological polar surface area (TPSA) is 26.0 Å². The number of oxazole rings is 1. The van der Waals surface area contributed by atoms with Gasteiger partial charge in [0.25, 0.3) is 0 Å². The van der Waals surface area contributed by atoms with Gasteiger partial charge in [-0.15, -0.1) is 0 Å². The highest BCUT2D eigenvalue weighted by atomic mass is 16.3. The van der Waals surface area contributed by atoms with E-state index in [-0.39, 0.29) is 0 Å². The molecule has 0 unspecified atom stereocenters. The molecule has 1 rings (SSSR count). The van der Waals surface area contributed by atoms with Crippen molar-refractivity contribution < 1.29 is 4.42 Å². The molecule has 1 heterocycles. The molecule has 1 aromatic rings. The number of hydrogen-bond acceptors (Lipinski definition) is 2. The van der Waals surface area contributed by atoms with Gasteiger partial charge in [0.1, 0.15) is 10.8 Å². The van der Waals surface area contributed by atoms with Crippen molar-refractivity contribution in [1.82, 2.24) is 4.98 Å². The van der Waals surface area contributed by atoms with Crippen molar-refractivity contribution in [3.63, 3.8) is 0 Å². The standard InChI is InChI=1S/C10H13NO/c1-5-6-9-8(4)12-10(11-9)7(2)3/h5-7H,1,4H2,2-3H3/b9-6+. The van der Waals surface area contributed by atoms with E-state index in [4.69, 9.17) is 4.42 Å².